The van der Waals surface area contributed by atoms with Crippen molar-refractivity contribution in [2.75, 3.05) is 51.4 Å². The maximum atomic E-state index is 5.51. The summed E-state index contributed by atoms with van der Waals surface area (Å²) < 4.78 is 5.51. The highest BCUT2D eigenvalue weighted by Crippen LogP contribution is 2.33. The van der Waals surface area contributed by atoms with Gasteiger partial charge in [-0.2, -0.15) is 11.8 Å². The molecule has 0 aromatic carbocycles. The molecule has 2 N–H and O–H groups in total. The van der Waals surface area contributed by atoms with Crippen LogP contribution in [-0.4, -0.2) is 73.3 Å². The average Bonchev–Trinajstić information content (AvgIpc) is 2.93. The predicted octanol–water partition coefficient (Wildman–Crippen LogP) is 1.16. The fourth-order valence-electron chi connectivity index (χ4n) is 2.92. The molecule has 2 rings (SSSR count). The average molecular weight is 314 g/mol. The lowest BCUT2D eigenvalue weighted by Gasteiger charge is -2.43. The van der Waals surface area contributed by atoms with Crippen molar-refractivity contribution in [3.63, 3.8) is 0 Å². The Labute approximate surface area is 133 Å². The van der Waals surface area contributed by atoms with Crippen LogP contribution >= 0.6 is 11.8 Å². The molecule has 0 radical (unpaired) electrons. The van der Waals surface area contributed by atoms with E-state index in [0.717, 1.165) is 38.8 Å². The monoisotopic (exact) mass is 314 g/mol. The molecule has 0 spiro atoms. The first-order valence-electron chi connectivity index (χ1n) is 7.85. The van der Waals surface area contributed by atoms with Crippen LogP contribution in [0.4, 0.5) is 0 Å². The standard InChI is InChI=1S/C15H30N4OS/c1-14(2,3)18-13(16-4)17-11-15(5-10-21-12-15)19-6-8-20-9-7-19/h5-12H2,1-4H3,(H2,16,17,18). The number of hydrogen-bond acceptors (Lipinski definition) is 4. The smallest absolute Gasteiger partial charge is 0.191 e. The first kappa shape index (κ1) is 16.9. The molecule has 0 saturated carbocycles. The van der Waals surface area contributed by atoms with Crippen molar-refractivity contribution in [2.24, 2.45) is 4.99 Å². The van der Waals surface area contributed by atoms with Gasteiger partial charge < -0.3 is 15.4 Å². The molecular formula is C15H30N4OS. The van der Waals surface area contributed by atoms with E-state index in [4.69, 9.17) is 4.74 Å². The number of nitrogens with zero attached hydrogens (tertiary/aromatic N) is 2. The second kappa shape index (κ2) is 7.20. The highest BCUT2D eigenvalue weighted by atomic mass is 32.2. The molecule has 122 valence electrons. The third kappa shape index (κ3) is 4.76. The van der Waals surface area contributed by atoms with E-state index in [0.29, 0.717) is 0 Å². The van der Waals surface area contributed by atoms with Gasteiger partial charge in [0.05, 0.1) is 13.2 Å². The zero-order chi connectivity index (χ0) is 15.3. The van der Waals surface area contributed by atoms with Crippen LogP contribution < -0.4 is 10.6 Å². The summed E-state index contributed by atoms with van der Waals surface area (Å²) in [6.45, 7) is 11.2. The van der Waals surface area contributed by atoms with Crippen LogP contribution in [0.2, 0.25) is 0 Å². The summed E-state index contributed by atoms with van der Waals surface area (Å²) in [4.78, 5) is 6.97. The van der Waals surface area contributed by atoms with Gasteiger partial charge in [-0.05, 0) is 32.9 Å². The lowest BCUT2D eigenvalue weighted by molar-refractivity contribution is -0.0120. The van der Waals surface area contributed by atoms with E-state index in [9.17, 15) is 0 Å². The topological polar surface area (TPSA) is 48.9 Å². The largest absolute Gasteiger partial charge is 0.379 e. The predicted molar refractivity (Wildman–Crippen MR) is 91.3 cm³/mol. The quantitative estimate of drug-likeness (QED) is 0.605. The van der Waals surface area contributed by atoms with Gasteiger partial charge in [0, 0.05) is 43.5 Å². The van der Waals surface area contributed by atoms with Crippen molar-refractivity contribution in [3.8, 4) is 0 Å². The van der Waals surface area contributed by atoms with Crippen LogP contribution in [0.25, 0.3) is 0 Å². The SMILES string of the molecule is CN=C(NCC1(N2CCOCC2)CCSC1)NC(C)(C)C. The highest BCUT2D eigenvalue weighted by molar-refractivity contribution is 7.99. The van der Waals surface area contributed by atoms with Gasteiger partial charge in [-0.25, -0.2) is 0 Å². The van der Waals surface area contributed by atoms with E-state index < -0.39 is 0 Å². The summed E-state index contributed by atoms with van der Waals surface area (Å²) in [5, 5.41) is 6.99. The first-order chi connectivity index (χ1) is 9.95. The lowest BCUT2D eigenvalue weighted by Crippen LogP contribution is -2.60. The van der Waals surface area contributed by atoms with Crippen molar-refractivity contribution in [1.29, 1.82) is 0 Å². The summed E-state index contributed by atoms with van der Waals surface area (Å²) in [5.41, 5.74) is 0.280. The second-order valence-electron chi connectivity index (χ2n) is 6.93. The molecule has 1 atom stereocenters. The molecule has 0 aromatic rings. The Bertz CT molecular complexity index is 355. The number of hydrogen-bond donors (Lipinski definition) is 2. The number of morpholine rings is 1. The van der Waals surface area contributed by atoms with Crippen LogP contribution in [0.1, 0.15) is 27.2 Å². The van der Waals surface area contributed by atoms with E-state index in [-0.39, 0.29) is 11.1 Å². The minimum Gasteiger partial charge on any atom is -0.379 e. The number of guanidine groups is 1. The van der Waals surface area contributed by atoms with E-state index in [1.54, 1.807) is 0 Å². The van der Waals surface area contributed by atoms with Gasteiger partial charge in [0.15, 0.2) is 5.96 Å². The summed E-state index contributed by atoms with van der Waals surface area (Å²) in [5.74, 6) is 3.35. The Kier molecular flexibility index (Phi) is 5.80. The molecule has 0 aliphatic carbocycles. The Morgan fingerprint density at radius 2 is 2.05 bits per heavy atom. The molecule has 5 nitrogen and oxygen atoms in total. The fraction of sp³-hybridized carbons (Fsp3) is 0.933. The summed E-state index contributed by atoms with van der Waals surface area (Å²) in [7, 11) is 1.84. The normalized spacial score (nSPS) is 28.7. The molecule has 2 aliphatic rings. The minimum atomic E-state index is 0.0262. The van der Waals surface area contributed by atoms with Crippen LogP contribution in [-0.2, 0) is 4.74 Å². The van der Waals surface area contributed by atoms with Crippen LogP contribution in [0.5, 0.6) is 0 Å². The van der Waals surface area contributed by atoms with Gasteiger partial charge >= 0.3 is 0 Å². The molecule has 0 amide bonds. The number of thioether (sulfide) groups is 1. The first-order valence-corrected chi connectivity index (χ1v) is 9.00. The number of nitrogens with one attached hydrogen (secondary N) is 2. The van der Waals surface area contributed by atoms with Crippen molar-refractivity contribution < 1.29 is 4.74 Å². The molecule has 0 aromatic heterocycles. The molecule has 6 heteroatoms. The molecule has 1 unspecified atom stereocenters. The summed E-state index contributed by atoms with van der Waals surface area (Å²) in [6.07, 6.45) is 1.25. The fourth-order valence-corrected chi connectivity index (χ4v) is 4.39. The molecule has 0 bridgehead atoms. The molecular weight excluding hydrogens is 284 g/mol. The van der Waals surface area contributed by atoms with Gasteiger partial charge in [-0.3, -0.25) is 9.89 Å². The number of rotatable bonds is 3. The highest BCUT2D eigenvalue weighted by Gasteiger charge is 2.40. The Balaban J connectivity index is 1.96. The Hall–Kier alpha value is -0.460. The summed E-state index contributed by atoms with van der Waals surface area (Å²) >= 11 is 2.06. The molecule has 21 heavy (non-hydrogen) atoms. The van der Waals surface area contributed by atoms with E-state index in [1.165, 1.54) is 17.9 Å². The lowest BCUT2D eigenvalue weighted by atomic mass is 9.95. The van der Waals surface area contributed by atoms with E-state index >= 15 is 0 Å². The van der Waals surface area contributed by atoms with Crippen LogP contribution in [0.15, 0.2) is 4.99 Å². The molecule has 2 saturated heterocycles. The molecule has 2 aliphatic heterocycles. The van der Waals surface area contributed by atoms with Gasteiger partial charge in [0.25, 0.3) is 0 Å². The van der Waals surface area contributed by atoms with Crippen LogP contribution in [0.3, 0.4) is 0 Å². The number of aliphatic imine (C=N–C) groups is 1. The third-order valence-electron chi connectivity index (χ3n) is 4.07. The van der Waals surface area contributed by atoms with Crippen molar-refractivity contribution in [2.45, 2.75) is 38.3 Å². The third-order valence-corrected chi connectivity index (χ3v) is 5.30. The maximum absolute atomic E-state index is 5.51. The molecule has 2 heterocycles. The van der Waals surface area contributed by atoms with Gasteiger partial charge in [-0.1, -0.05) is 0 Å². The van der Waals surface area contributed by atoms with Crippen molar-refractivity contribution in [1.82, 2.24) is 15.5 Å². The molecule has 2 fully saturated rings. The van der Waals surface area contributed by atoms with Gasteiger partial charge in [-0.15, -0.1) is 0 Å². The van der Waals surface area contributed by atoms with Gasteiger partial charge in [0.2, 0.25) is 0 Å². The maximum Gasteiger partial charge on any atom is 0.191 e. The van der Waals surface area contributed by atoms with E-state index in [2.05, 4.69) is 53.1 Å². The zero-order valence-electron chi connectivity index (χ0n) is 13.9. The zero-order valence-corrected chi connectivity index (χ0v) is 14.7. The Morgan fingerprint density at radius 1 is 1.33 bits per heavy atom. The Morgan fingerprint density at radius 3 is 2.57 bits per heavy atom. The minimum absolute atomic E-state index is 0.0262. The van der Waals surface area contributed by atoms with Crippen molar-refractivity contribution >= 4 is 17.7 Å². The second-order valence-corrected chi connectivity index (χ2v) is 8.03. The number of ether oxygens (including phenoxy) is 1. The summed E-state index contributed by atoms with van der Waals surface area (Å²) in [6, 6.07) is 0. The van der Waals surface area contributed by atoms with Crippen molar-refractivity contribution in [3.05, 3.63) is 0 Å². The van der Waals surface area contributed by atoms with Crippen LogP contribution in [0, 0.1) is 0 Å². The van der Waals surface area contributed by atoms with Gasteiger partial charge in [0.1, 0.15) is 0 Å². The van der Waals surface area contributed by atoms with E-state index in [1.807, 2.05) is 7.05 Å².